The van der Waals surface area contributed by atoms with E-state index in [1.54, 1.807) is 17.2 Å². The van der Waals surface area contributed by atoms with Gasteiger partial charge in [0.05, 0.1) is 6.20 Å². The van der Waals surface area contributed by atoms with Crippen molar-refractivity contribution in [2.45, 2.75) is 44.7 Å². The largest absolute Gasteiger partial charge is 0.325 e. The maximum atomic E-state index is 12.9. The molecule has 2 aliphatic rings. The number of nitrogens with zero attached hydrogens (tertiary/aromatic N) is 3. The molecule has 0 aliphatic carbocycles. The van der Waals surface area contributed by atoms with Gasteiger partial charge in [-0.05, 0) is 30.5 Å². The summed E-state index contributed by atoms with van der Waals surface area (Å²) in [6.45, 7) is 0.327. The number of hydrogen-bond donors (Lipinski definition) is 1. The molecule has 0 radical (unpaired) electrons. The second-order valence-electron chi connectivity index (χ2n) is 7.65. The van der Waals surface area contributed by atoms with Gasteiger partial charge < -0.3 is 9.47 Å². The Morgan fingerprint density at radius 2 is 2.13 bits per heavy atom. The molecular formula is C24H22N4O3. The average molecular weight is 414 g/mol. The predicted molar refractivity (Wildman–Crippen MR) is 113 cm³/mol. The number of nitrogens with one attached hydrogen (secondary N) is 1. The van der Waals surface area contributed by atoms with Crippen molar-refractivity contribution >= 4 is 17.7 Å². The van der Waals surface area contributed by atoms with E-state index in [2.05, 4.69) is 28.1 Å². The molecule has 2 aliphatic heterocycles. The molecule has 4 rings (SSSR count). The van der Waals surface area contributed by atoms with E-state index in [1.165, 1.54) is 0 Å². The zero-order valence-electron chi connectivity index (χ0n) is 17.3. The predicted octanol–water partition coefficient (Wildman–Crippen LogP) is 1.54. The Balaban J connectivity index is 1.42. The van der Waals surface area contributed by atoms with Crippen LogP contribution in [0.15, 0.2) is 24.4 Å². The van der Waals surface area contributed by atoms with Gasteiger partial charge in [-0.1, -0.05) is 23.8 Å². The number of imide groups is 1. The Kier molecular flexibility index (Phi) is 5.60. The minimum Gasteiger partial charge on any atom is -0.325 e. The van der Waals surface area contributed by atoms with E-state index >= 15 is 0 Å². The standard InChI is InChI=1S/C24H22N4O3/c1-3-17-14-25-21(27(17)2)11-6-4-5-8-16-9-7-10-18-19(16)15-28(24(18)31)20-12-13-22(29)26-23(20)30/h1,7,9-10,14,20H,4,6,11-13,15H2,2H3,(H,26,29,30). The van der Waals surface area contributed by atoms with Gasteiger partial charge in [-0.25, -0.2) is 4.98 Å². The number of hydrogen-bond acceptors (Lipinski definition) is 4. The molecular weight excluding hydrogens is 392 g/mol. The monoisotopic (exact) mass is 414 g/mol. The van der Waals surface area contributed by atoms with Gasteiger partial charge in [-0.15, -0.1) is 6.42 Å². The first kappa shape index (κ1) is 20.4. The summed E-state index contributed by atoms with van der Waals surface area (Å²) in [5.41, 5.74) is 2.97. The first-order valence-electron chi connectivity index (χ1n) is 10.2. The van der Waals surface area contributed by atoms with Crippen molar-refractivity contribution in [3.05, 3.63) is 52.6 Å². The average Bonchev–Trinajstić information content (AvgIpc) is 3.28. The van der Waals surface area contributed by atoms with Crippen LogP contribution in [0, 0.1) is 24.2 Å². The van der Waals surface area contributed by atoms with Crippen LogP contribution in [0.1, 0.15) is 58.7 Å². The fraction of sp³-hybridized carbons (Fsp3) is 0.333. The van der Waals surface area contributed by atoms with E-state index in [1.807, 2.05) is 23.7 Å². The first-order chi connectivity index (χ1) is 15.0. The lowest BCUT2D eigenvalue weighted by atomic mass is 10.0. The van der Waals surface area contributed by atoms with Gasteiger partial charge in [-0.3, -0.25) is 19.7 Å². The van der Waals surface area contributed by atoms with Crippen LogP contribution in [0.25, 0.3) is 0 Å². The number of aromatic nitrogens is 2. The van der Waals surface area contributed by atoms with Gasteiger partial charge >= 0.3 is 0 Å². The van der Waals surface area contributed by atoms with Crippen LogP contribution in [0.4, 0.5) is 0 Å². The first-order valence-corrected chi connectivity index (χ1v) is 10.2. The normalized spacial score (nSPS) is 17.6. The van der Waals surface area contributed by atoms with Crippen molar-refractivity contribution in [2.24, 2.45) is 7.05 Å². The third-order valence-electron chi connectivity index (χ3n) is 5.74. The minimum atomic E-state index is -0.621. The number of amides is 3. The van der Waals surface area contributed by atoms with Crippen molar-refractivity contribution in [2.75, 3.05) is 0 Å². The Hall–Kier alpha value is -3.84. The summed E-state index contributed by atoms with van der Waals surface area (Å²) in [5.74, 6) is 9.00. The lowest BCUT2D eigenvalue weighted by molar-refractivity contribution is -0.136. The molecule has 1 aromatic heterocycles. The molecule has 1 fully saturated rings. The van der Waals surface area contributed by atoms with Gasteiger partial charge in [0.15, 0.2) is 0 Å². The SMILES string of the molecule is C#Cc1cnc(CCCC#Cc2cccc3c2CN(C2CCC(=O)NC2=O)C3=O)n1C. The number of carbonyl (C=O) groups is 3. The highest BCUT2D eigenvalue weighted by atomic mass is 16.2. The lowest BCUT2D eigenvalue weighted by Gasteiger charge is -2.29. The Bertz CT molecular complexity index is 1180. The van der Waals surface area contributed by atoms with Crippen LogP contribution < -0.4 is 5.32 Å². The van der Waals surface area contributed by atoms with Crippen molar-refractivity contribution in [1.82, 2.24) is 19.8 Å². The highest BCUT2D eigenvalue weighted by Crippen LogP contribution is 2.29. The molecule has 2 aromatic rings. The van der Waals surface area contributed by atoms with E-state index in [0.29, 0.717) is 24.9 Å². The number of terminal acetylenes is 1. The number of piperidine rings is 1. The summed E-state index contributed by atoms with van der Waals surface area (Å²) in [6.07, 6.45) is 10.0. The molecule has 1 aromatic carbocycles. The zero-order chi connectivity index (χ0) is 22.0. The van der Waals surface area contributed by atoms with Crippen LogP contribution in [0.2, 0.25) is 0 Å². The molecule has 7 heteroatoms. The lowest BCUT2D eigenvalue weighted by Crippen LogP contribution is -2.52. The maximum absolute atomic E-state index is 12.9. The van der Waals surface area contributed by atoms with Gasteiger partial charge in [0, 0.05) is 44.0 Å². The highest BCUT2D eigenvalue weighted by Gasteiger charge is 2.39. The molecule has 156 valence electrons. The van der Waals surface area contributed by atoms with Gasteiger partial charge in [0.1, 0.15) is 17.6 Å². The molecule has 1 saturated heterocycles. The third kappa shape index (κ3) is 3.95. The number of imidazole rings is 1. The molecule has 31 heavy (non-hydrogen) atoms. The quantitative estimate of drug-likeness (QED) is 0.467. The van der Waals surface area contributed by atoms with E-state index in [4.69, 9.17) is 6.42 Å². The molecule has 1 atom stereocenters. The minimum absolute atomic E-state index is 0.188. The Morgan fingerprint density at radius 3 is 2.87 bits per heavy atom. The summed E-state index contributed by atoms with van der Waals surface area (Å²) < 4.78 is 1.91. The zero-order valence-corrected chi connectivity index (χ0v) is 17.3. The fourth-order valence-electron chi connectivity index (χ4n) is 4.01. The summed E-state index contributed by atoms with van der Waals surface area (Å²) >= 11 is 0. The Morgan fingerprint density at radius 1 is 1.29 bits per heavy atom. The van der Waals surface area contributed by atoms with Gasteiger partial charge in [0.25, 0.3) is 5.91 Å². The van der Waals surface area contributed by atoms with Crippen LogP contribution in [-0.4, -0.2) is 38.2 Å². The summed E-state index contributed by atoms with van der Waals surface area (Å²) in [7, 11) is 1.90. The van der Waals surface area contributed by atoms with Gasteiger partial charge in [-0.2, -0.15) is 0 Å². The van der Waals surface area contributed by atoms with Crippen LogP contribution in [-0.2, 0) is 29.6 Å². The number of unbranched alkanes of at least 4 members (excludes halogenated alkanes) is 1. The molecule has 0 saturated carbocycles. The highest BCUT2D eigenvalue weighted by molar-refractivity contribution is 6.05. The van der Waals surface area contributed by atoms with Crippen LogP contribution in [0.3, 0.4) is 0 Å². The van der Waals surface area contributed by atoms with E-state index in [9.17, 15) is 14.4 Å². The maximum Gasteiger partial charge on any atom is 0.255 e. The van der Waals surface area contributed by atoms with Crippen molar-refractivity contribution in [3.63, 3.8) is 0 Å². The molecule has 0 bridgehead atoms. The number of fused-ring (bicyclic) bond motifs is 1. The smallest absolute Gasteiger partial charge is 0.255 e. The summed E-state index contributed by atoms with van der Waals surface area (Å²) in [5, 5.41) is 2.32. The molecule has 0 spiro atoms. The van der Waals surface area contributed by atoms with Crippen molar-refractivity contribution in [3.8, 4) is 24.2 Å². The second-order valence-corrected chi connectivity index (χ2v) is 7.65. The van der Waals surface area contributed by atoms with E-state index in [-0.39, 0.29) is 18.2 Å². The third-order valence-corrected chi connectivity index (χ3v) is 5.74. The number of rotatable bonds is 4. The summed E-state index contributed by atoms with van der Waals surface area (Å²) in [4.78, 5) is 42.4. The van der Waals surface area contributed by atoms with Crippen LogP contribution in [0.5, 0.6) is 0 Å². The molecule has 3 amide bonds. The van der Waals surface area contributed by atoms with E-state index < -0.39 is 11.9 Å². The number of carbonyl (C=O) groups excluding carboxylic acids is 3. The van der Waals surface area contributed by atoms with Crippen molar-refractivity contribution in [1.29, 1.82) is 0 Å². The topological polar surface area (TPSA) is 84.3 Å². The molecule has 1 N–H and O–H groups in total. The molecule has 7 nitrogen and oxygen atoms in total. The molecule has 3 heterocycles. The van der Waals surface area contributed by atoms with E-state index in [0.717, 1.165) is 35.5 Å². The van der Waals surface area contributed by atoms with Gasteiger partial charge in [0.2, 0.25) is 11.8 Å². The van der Waals surface area contributed by atoms with Crippen molar-refractivity contribution < 1.29 is 14.4 Å². The fourth-order valence-corrected chi connectivity index (χ4v) is 4.01. The second kappa shape index (κ2) is 8.49. The number of benzene rings is 1. The Labute approximate surface area is 180 Å². The molecule has 1 unspecified atom stereocenters. The number of aryl methyl sites for hydroxylation is 1. The van der Waals surface area contributed by atoms with Crippen LogP contribution >= 0.6 is 0 Å². The summed E-state index contributed by atoms with van der Waals surface area (Å²) in [6, 6.07) is 4.84.